The van der Waals surface area contributed by atoms with Crippen LogP contribution in [0.5, 0.6) is 5.75 Å². The topological polar surface area (TPSA) is 71.7 Å². The normalized spacial score (nSPS) is 12.4. The van der Waals surface area contributed by atoms with E-state index in [9.17, 15) is 0 Å². The molecule has 26 heavy (non-hydrogen) atoms. The van der Waals surface area contributed by atoms with Crippen LogP contribution in [0.4, 0.5) is 0 Å². The SMILES string of the molecule is CCNC(=NCc1cc(C(C)C)no1)NCC(C)Oc1ccccc1.I. The lowest BCUT2D eigenvalue weighted by atomic mass is 10.1. The number of hydrogen-bond donors (Lipinski definition) is 2. The molecule has 6 nitrogen and oxygen atoms in total. The number of nitrogens with zero attached hydrogens (tertiary/aromatic N) is 2. The highest BCUT2D eigenvalue weighted by Crippen LogP contribution is 2.14. The minimum absolute atomic E-state index is 0. The smallest absolute Gasteiger partial charge is 0.191 e. The van der Waals surface area contributed by atoms with Gasteiger partial charge < -0.3 is 19.9 Å². The molecule has 1 aromatic heterocycles. The third-order valence-corrected chi connectivity index (χ3v) is 3.54. The van der Waals surface area contributed by atoms with Gasteiger partial charge in [-0.1, -0.05) is 37.2 Å². The number of halogens is 1. The Balaban J connectivity index is 0.00000338. The van der Waals surface area contributed by atoms with E-state index in [0.717, 1.165) is 29.7 Å². The fourth-order valence-electron chi connectivity index (χ4n) is 2.19. The summed E-state index contributed by atoms with van der Waals surface area (Å²) < 4.78 is 11.2. The zero-order valence-electron chi connectivity index (χ0n) is 15.9. The van der Waals surface area contributed by atoms with Crippen LogP contribution in [0.2, 0.25) is 0 Å². The van der Waals surface area contributed by atoms with Crippen molar-refractivity contribution in [3.05, 3.63) is 47.9 Å². The molecule has 2 N–H and O–H groups in total. The summed E-state index contributed by atoms with van der Waals surface area (Å²) in [6.07, 6.45) is 0.0177. The third kappa shape index (κ3) is 7.63. The molecule has 0 aliphatic carbocycles. The van der Waals surface area contributed by atoms with Crippen molar-refractivity contribution >= 4 is 29.9 Å². The van der Waals surface area contributed by atoms with Gasteiger partial charge in [-0.3, -0.25) is 0 Å². The van der Waals surface area contributed by atoms with Gasteiger partial charge in [0.15, 0.2) is 11.7 Å². The second-order valence-corrected chi connectivity index (χ2v) is 6.19. The molecule has 0 aliphatic rings. The minimum Gasteiger partial charge on any atom is -0.489 e. The van der Waals surface area contributed by atoms with Crippen molar-refractivity contribution < 1.29 is 9.26 Å². The van der Waals surface area contributed by atoms with Gasteiger partial charge in [-0.25, -0.2) is 4.99 Å². The van der Waals surface area contributed by atoms with Crippen LogP contribution in [0.1, 0.15) is 45.1 Å². The standard InChI is InChI=1S/C19H28N4O2.HI/c1-5-20-19(22-13-17-11-18(14(2)3)23-25-17)21-12-15(4)24-16-9-7-6-8-10-16;/h6-11,14-15H,5,12-13H2,1-4H3,(H2,20,21,22);1H. The predicted octanol–water partition coefficient (Wildman–Crippen LogP) is 3.94. The van der Waals surface area contributed by atoms with E-state index in [-0.39, 0.29) is 30.1 Å². The van der Waals surface area contributed by atoms with Crippen LogP contribution in [0.3, 0.4) is 0 Å². The van der Waals surface area contributed by atoms with Gasteiger partial charge in [-0.2, -0.15) is 0 Å². The Kier molecular flexibility index (Phi) is 10.1. The highest BCUT2D eigenvalue weighted by atomic mass is 127. The third-order valence-electron chi connectivity index (χ3n) is 3.54. The average molecular weight is 472 g/mol. The molecule has 0 spiro atoms. The van der Waals surface area contributed by atoms with Gasteiger partial charge in [-0.15, -0.1) is 24.0 Å². The summed E-state index contributed by atoms with van der Waals surface area (Å²) in [6.45, 7) is 10.1. The summed E-state index contributed by atoms with van der Waals surface area (Å²) in [5.41, 5.74) is 0.952. The zero-order valence-corrected chi connectivity index (χ0v) is 18.2. The molecule has 1 aromatic carbocycles. The van der Waals surface area contributed by atoms with Crippen molar-refractivity contribution in [3.63, 3.8) is 0 Å². The van der Waals surface area contributed by atoms with E-state index in [4.69, 9.17) is 9.26 Å². The summed E-state index contributed by atoms with van der Waals surface area (Å²) >= 11 is 0. The number of benzene rings is 1. The molecule has 144 valence electrons. The lowest BCUT2D eigenvalue weighted by molar-refractivity contribution is 0.224. The van der Waals surface area contributed by atoms with Crippen molar-refractivity contribution in [3.8, 4) is 5.75 Å². The Morgan fingerprint density at radius 1 is 1.19 bits per heavy atom. The highest BCUT2D eigenvalue weighted by Gasteiger charge is 2.08. The van der Waals surface area contributed by atoms with E-state index >= 15 is 0 Å². The number of aliphatic imine (C=N–C) groups is 1. The molecular formula is C19H29IN4O2. The molecule has 1 heterocycles. The highest BCUT2D eigenvalue weighted by molar-refractivity contribution is 14.0. The number of nitrogens with one attached hydrogen (secondary N) is 2. The molecule has 0 saturated carbocycles. The molecule has 0 bridgehead atoms. The van der Waals surface area contributed by atoms with Crippen molar-refractivity contribution in [2.75, 3.05) is 13.1 Å². The second kappa shape index (κ2) is 11.8. The molecule has 0 fully saturated rings. The number of rotatable bonds is 8. The number of ether oxygens (including phenoxy) is 1. The zero-order chi connectivity index (χ0) is 18.1. The minimum atomic E-state index is 0. The van der Waals surface area contributed by atoms with Gasteiger partial charge in [0.05, 0.1) is 12.2 Å². The fraction of sp³-hybridized carbons (Fsp3) is 0.474. The van der Waals surface area contributed by atoms with Crippen molar-refractivity contribution in [2.24, 2.45) is 4.99 Å². The molecular weight excluding hydrogens is 443 g/mol. The van der Waals surface area contributed by atoms with Gasteiger partial charge in [0.25, 0.3) is 0 Å². The maximum atomic E-state index is 5.86. The number of aromatic nitrogens is 1. The van der Waals surface area contributed by atoms with Crippen LogP contribution < -0.4 is 15.4 Å². The maximum absolute atomic E-state index is 5.86. The van der Waals surface area contributed by atoms with Crippen LogP contribution >= 0.6 is 24.0 Å². The number of hydrogen-bond acceptors (Lipinski definition) is 4. The maximum Gasteiger partial charge on any atom is 0.191 e. The molecule has 2 rings (SSSR count). The molecule has 1 atom stereocenters. The van der Waals surface area contributed by atoms with E-state index in [0.29, 0.717) is 19.0 Å². The number of para-hydroxylation sites is 1. The lowest BCUT2D eigenvalue weighted by Gasteiger charge is -2.17. The predicted molar refractivity (Wildman–Crippen MR) is 115 cm³/mol. The molecule has 0 aliphatic heterocycles. The Morgan fingerprint density at radius 2 is 1.92 bits per heavy atom. The Hall–Kier alpha value is -1.77. The molecule has 1 unspecified atom stereocenters. The molecule has 0 radical (unpaired) electrons. The summed E-state index contributed by atoms with van der Waals surface area (Å²) in [7, 11) is 0. The summed E-state index contributed by atoms with van der Waals surface area (Å²) in [5, 5.41) is 10.6. The quantitative estimate of drug-likeness (QED) is 0.346. The van der Waals surface area contributed by atoms with E-state index in [1.165, 1.54) is 0 Å². The largest absolute Gasteiger partial charge is 0.489 e. The van der Waals surface area contributed by atoms with Crippen LogP contribution in [-0.2, 0) is 6.54 Å². The molecule has 2 aromatic rings. The first-order valence-corrected chi connectivity index (χ1v) is 8.77. The first kappa shape index (κ1) is 22.3. The Morgan fingerprint density at radius 3 is 2.54 bits per heavy atom. The van der Waals surface area contributed by atoms with Crippen LogP contribution in [-0.4, -0.2) is 30.3 Å². The van der Waals surface area contributed by atoms with Gasteiger partial charge in [0.1, 0.15) is 18.4 Å². The van der Waals surface area contributed by atoms with E-state index in [1.54, 1.807) is 0 Å². The van der Waals surface area contributed by atoms with E-state index in [1.807, 2.05) is 50.2 Å². The van der Waals surface area contributed by atoms with Gasteiger partial charge in [-0.05, 0) is 31.9 Å². The van der Waals surface area contributed by atoms with Crippen molar-refractivity contribution in [1.82, 2.24) is 15.8 Å². The summed E-state index contributed by atoms with van der Waals surface area (Å²) in [6, 6.07) is 11.8. The monoisotopic (exact) mass is 472 g/mol. The lowest BCUT2D eigenvalue weighted by Crippen LogP contribution is -2.41. The van der Waals surface area contributed by atoms with Crippen molar-refractivity contribution in [1.29, 1.82) is 0 Å². The molecule has 7 heteroatoms. The van der Waals surface area contributed by atoms with Crippen LogP contribution in [0.15, 0.2) is 45.9 Å². The van der Waals surface area contributed by atoms with Gasteiger partial charge in [0, 0.05) is 12.6 Å². The van der Waals surface area contributed by atoms with Gasteiger partial charge >= 0.3 is 0 Å². The fourth-order valence-corrected chi connectivity index (χ4v) is 2.19. The van der Waals surface area contributed by atoms with Crippen molar-refractivity contribution in [2.45, 2.75) is 46.3 Å². The first-order chi connectivity index (χ1) is 12.1. The number of guanidine groups is 1. The summed E-state index contributed by atoms with van der Waals surface area (Å²) in [4.78, 5) is 4.54. The molecule has 0 saturated heterocycles. The first-order valence-electron chi connectivity index (χ1n) is 8.77. The molecule has 0 amide bonds. The van der Waals surface area contributed by atoms with Crippen LogP contribution in [0, 0.1) is 0 Å². The van der Waals surface area contributed by atoms with E-state index < -0.39 is 0 Å². The Labute approximate surface area is 172 Å². The van der Waals surface area contributed by atoms with E-state index in [2.05, 4.69) is 34.6 Å². The Bertz CT molecular complexity index is 659. The van der Waals surface area contributed by atoms with Gasteiger partial charge in [0.2, 0.25) is 0 Å². The average Bonchev–Trinajstić information content (AvgIpc) is 3.07. The van der Waals surface area contributed by atoms with Crippen LogP contribution in [0.25, 0.3) is 0 Å². The second-order valence-electron chi connectivity index (χ2n) is 6.19. The summed E-state index contributed by atoms with van der Waals surface area (Å²) in [5.74, 6) is 2.70.